The van der Waals surface area contributed by atoms with Gasteiger partial charge in [-0.2, -0.15) is 0 Å². The molecular formula is C16H13BrN2O. The molecule has 2 N–H and O–H groups in total. The lowest BCUT2D eigenvalue weighted by atomic mass is 10.1. The number of aromatic amines is 1. The highest BCUT2D eigenvalue weighted by Gasteiger charge is 2.10. The molecule has 2 aromatic carbocycles. The molecule has 100 valence electrons. The van der Waals surface area contributed by atoms with E-state index in [0.717, 1.165) is 26.6 Å². The van der Waals surface area contributed by atoms with E-state index >= 15 is 0 Å². The number of hydrogen-bond acceptors (Lipinski definition) is 1. The molecule has 1 aromatic heterocycles. The van der Waals surface area contributed by atoms with Gasteiger partial charge in [-0.3, -0.25) is 4.79 Å². The Kier molecular flexibility index (Phi) is 3.32. The lowest BCUT2D eigenvalue weighted by Crippen LogP contribution is -2.12. The predicted octanol–water partition coefficient (Wildman–Crippen LogP) is 4.49. The number of fused-ring (bicyclic) bond motifs is 1. The fourth-order valence-electron chi connectivity index (χ4n) is 2.13. The molecule has 0 radical (unpaired) electrons. The molecule has 0 bridgehead atoms. The molecule has 0 saturated carbocycles. The highest BCUT2D eigenvalue weighted by molar-refractivity contribution is 9.10. The molecule has 4 heteroatoms. The van der Waals surface area contributed by atoms with Crippen molar-refractivity contribution >= 4 is 38.4 Å². The van der Waals surface area contributed by atoms with Crippen LogP contribution in [0.4, 0.5) is 5.69 Å². The quantitative estimate of drug-likeness (QED) is 0.715. The van der Waals surface area contributed by atoms with Crippen molar-refractivity contribution in [2.45, 2.75) is 6.92 Å². The predicted molar refractivity (Wildman–Crippen MR) is 85.1 cm³/mol. The van der Waals surface area contributed by atoms with Crippen molar-refractivity contribution in [1.29, 1.82) is 0 Å². The van der Waals surface area contributed by atoms with Crippen LogP contribution in [0, 0.1) is 6.92 Å². The first-order valence-electron chi connectivity index (χ1n) is 6.29. The van der Waals surface area contributed by atoms with Crippen molar-refractivity contribution in [3.05, 3.63) is 64.3 Å². The molecule has 0 saturated heterocycles. The maximum Gasteiger partial charge on any atom is 0.255 e. The van der Waals surface area contributed by atoms with Gasteiger partial charge in [-0.25, -0.2) is 0 Å². The number of rotatable bonds is 2. The first kappa shape index (κ1) is 12.9. The Morgan fingerprint density at radius 2 is 2.05 bits per heavy atom. The van der Waals surface area contributed by atoms with Crippen LogP contribution < -0.4 is 5.32 Å². The molecule has 0 atom stereocenters. The summed E-state index contributed by atoms with van der Waals surface area (Å²) < 4.78 is 0.913. The number of benzene rings is 2. The van der Waals surface area contributed by atoms with Gasteiger partial charge in [-0.1, -0.05) is 12.1 Å². The first-order valence-corrected chi connectivity index (χ1v) is 7.08. The second-order valence-corrected chi connectivity index (χ2v) is 5.46. The van der Waals surface area contributed by atoms with Gasteiger partial charge in [-0.05, 0) is 58.7 Å². The van der Waals surface area contributed by atoms with Gasteiger partial charge in [-0.15, -0.1) is 0 Å². The van der Waals surface area contributed by atoms with Crippen LogP contribution in [0.3, 0.4) is 0 Å². The smallest absolute Gasteiger partial charge is 0.255 e. The Balaban J connectivity index is 1.90. The zero-order valence-corrected chi connectivity index (χ0v) is 12.5. The monoisotopic (exact) mass is 328 g/mol. The van der Waals surface area contributed by atoms with Crippen molar-refractivity contribution in [1.82, 2.24) is 4.98 Å². The van der Waals surface area contributed by atoms with E-state index in [0.29, 0.717) is 5.56 Å². The number of aryl methyl sites for hydroxylation is 1. The molecular weight excluding hydrogens is 316 g/mol. The summed E-state index contributed by atoms with van der Waals surface area (Å²) in [6.07, 6.45) is 1.86. The minimum absolute atomic E-state index is 0.112. The molecule has 1 amide bonds. The number of carbonyl (C=O) groups is 1. The Morgan fingerprint density at radius 1 is 1.20 bits per heavy atom. The summed E-state index contributed by atoms with van der Waals surface area (Å²) in [5, 5.41) is 3.96. The van der Waals surface area contributed by atoms with Crippen LogP contribution >= 0.6 is 15.9 Å². The SMILES string of the molecule is Cc1cccc(NC(=O)c2ccc3[nH]ccc3c2)c1Br. The third-order valence-electron chi connectivity index (χ3n) is 3.26. The maximum atomic E-state index is 12.3. The van der Waals surface area contributed by atoms with Gasteiger partial charge in [0, 0.05) is 27.1 Å². The van der Waals surface area contributed by atoms with E-state index in [9.17, 15) is 4.79 Å². The first-order chi connectivity index (χ1) is 9.65. The second-order valence-electron chi connectivity index (χ2n) is 4.67. The summed E-state index contributed by atoms with van der Waals surface area (Å²) in [6.45, 7) is 1.99. The van der Waals surface area contributed by atoms with Gasteiger partial charge in [0.1, 0.15) is 0 Å². The number of nitrogens with one attached hydrogen (secondary N) is 2. The fraction of sp³-hybridized carbons (Fsp3) is 0.0625. The lowest BCUT2D eigenvalue weighted by molar-refractivity contribution is 0.102. The van der Waals surface area contributed by atoms with Gasteiger partial charge in [0.05, 0.1) is 5.69 Å². The van der Waals surface area contributed by atoms with Crippen LogP contribution in [-0.4, -0.2) is 10.9 Å². The van der Waals surface area contributed by atoms with E-state index in [1.165, 1.54) is 0 Å². The van der Waals surface area contributed by atoms with Crippen molar-refractivity contribution in [3.8, 4) is 0 Å². The highest BCUT2D eigenvalue weighted by atomic mass is 79.9. The average molecular weight is 329 g/mol. The number of anilines is 1. The molecule has 0 aliphatic carbocycles. The fourth-order valence-corrected chi connectivity index (χ4v) is 2.50. The van der Waals surface area contributed by atoms with Crippen LogP contribution in [0.15, 0.2) is 53.1 Å². The van der Waals surface area contributed by atoms with Crippen LogP contribution in [-0.2, 0) is 0 Å². The summed E-state index contributed by atoms with van der Waals surface area (Å²) in [6, 6.07) is 13.4. The molecule has 20 heavy (non-hydrogen) atoms. The zero-order valence-electron chi connectivity index (χ0n) is 10.9. The molecule has 3 rings (SSSR count). The van der Waals surface area contributed by atoms with Gasteiger partial charge in [0.25, 0.3) is 5.91 Å². The van der Waals surface area contributed by atoms with E-state index in [2.05, 4.69) is 26.2 Å². The van der Waals surface area contributed by atoms with E-state index in [1.807, 2.05) is 55.6 Å². The second kappa shape index (κ2) is 5.13. The number of carbonyl (C=O) groups excluding carboxylic acids is 1. The average Bonchev–Trinajstić information content (AvgIpc) is 2.91. The van der Waals surface area contributed by atoms with Gasteiger partial charge >= 0.3 is 0 Å². The molecule has 0 aliphatic heterocycles. The largest absolute Gasteiger partial charge is 0.361 e. The number of hydrogen-bond donors (Lipinski definition) is 2. The maximum absolute atomic E-state index is 12.3. The number of aromatic nitrogens is 1. The van der Waals surface area contributed by atoms with E-state index in [4.69, 9.17) is 0 Å². The molecule has 0 fully saturated rings. The van der Waals surface area contributed by atoms with E-state index < -0.39 is 0 Å². The summed E-state index contributed by atoms with van der Waals surface area (Å²) in [5.74, 6) is -0.112. The minimum atomic E-state index is -0.112. The molecule has 3 nitrogen and oxygen atoms in total. The Hall–Kier alpha value is -2.07. The third-order valence-corrected chi connectivity index (χ3v) is 4.31. The van der Waals surface area contributed by atoms with Crippen LogP contribution in [0.5, 0.6) is 0 Å². The highest BCUT2D eigenvalue weighted by Crippen LogP contribution is 2.26. The normalized spacial score (nSPS) is 10.7. The minimum Gasteiger partial charge on any atom is -0.361 e. The number of halogens is 1. The van der Waals surface area contributed by atoms with E-state index in [1.54, 1.807) is 0 Å². The molecule has 3 aromatic rings. The summed E-state index contributed by atoms with van der Waals surface area (Å²) in [4.78, 5) is 15.4. The Morgan fingerprint density at radius 3 is 2.90 bits per heavy atom. The molecule has 0 spiro atoms. The van der Waals surface area contributed by atoms with E-state index in [-0.39, 0.29) is 5.91 Å². The summed E-state index contributed by atoms with van der Waals surface area (Å²) in [5.41, 5.74) is 3.54. The van der Waals surface area contributed by atoms with Crippen molar-refractivity contribution in [3.63, 3.8) is 0 Å². The standard InChI is InChI=1S/C16H13BrN2O/c1-10-3-2-4-14(15(10)17)19-16(20)12-5-6-13-11(9-12)7-8-18-13/h2-9,18H,1H3,(H,19,20). The number of amides is 1. The molecule has 0 unspecified atom stereocenters. The van der Waals surface area contributed by atoms with Gasteiger partial charge in [0.15, 0.2) is 0 Å². The van der Waals surface area contributed by atoms with Crippen molar-refractivity contribution < 1.29 is 4.79 Å². The van der Waals surface area contributed by atoms with Crippen LogP contribution in [0.1, 0.15) is 15.9 Å². The third kappa shape index (κ3) is 2.34. The van der Waals surface area contributed by atoms with Crippen molar-refractivity contribution in [2.24, 2.45) is 0 Å². The number of H-pyrrole nitrogens is 1. The van der Waals surface area contributed by atoms with Crippen molar-refractivity contribution in [2.75, 3.05) is 5.32 Å². The topological polar surface area (TPSA) is 44.9 Å². The molecule has 0 aliphatic rings. The zero-order chi connectivity index (χ0) is 14.1. The van der Waals surface area contributed by atoms with Crippen LogP contribution in [0.2, 0.25) is 0 Å². The summed E-state index contributed by atoms with van der Waals surface area (Å²) >= 11 is 3.50. The van der Waals surface area contributed by atoms with Gasteiger partial charge < -0.3 is 10.3 Å². The Labute approximate surface area is 125 Å². The van der Waals surface area contributed by atoms with Gasteiger partial charge in [0.2, 0.25) is 0 Å². The summed E-state index contributed by atoms with van der Waals surface area (Å²) in [7, 11) is 0. The molecule has 1 heterocycles. The van der Waals surface area contributed by atoms with Crippen LogP contribution in [0.25, 0.3) is 10.9 Å². The Bertz CT molecular complexity index is 792. The lowest BCUT2D eigenvalue weighted by Gasteiger charge is -2.09.